The zero-order chi connectivity index (χ0) is 23.9. The van der Waals surface area contributed by atoms with Crippen molar-refractivity contribution >= 4 is 32.5 Å². The summed E-state index contributed by atoms with van der Waals surface area (Å²) in [6.07, 6.45) is 4.78. The molecule has 0 aliphatic carbocycles. The normalized spacial score (nSPS) is 11.7. The lowest BCUT2D eigenvalue weighted by molar-refractivity contribution is 0.597. The molecule has 170 valence electrons. The summed E-state index contributed by atoms with van der Waals surface area (Å²) in [5, 5.41) is 15.5. The number of halogens is 1. The first-order valence-corrected chi connectivity index (χ1v) is 12.0. The van der Waals surface area contributed by atoms with Crippen molar-refractivity contribution in [2.24, 2.45) is 5.14 Å². The summed E-state index contributed by atoms with van der Waals surface area (Å²) in [6, 6.07) is 16.6. The largest absolute Gasteiger partial charge is 0.287 e. The first-order chi connectivity index (χ1) is 16.3. The van der Waals surface area contributed by atoms with Gasteiger partial charge in [0.15, 0.2) is 5.69 Å². The van der Waals surface area contributed by atoms with Crippen molar-refractivity contribution in [1.82, 2.24) is 24.5 Å². The van der Waals surface area contributed by atoms with E-state index < -0.39 is 10.0 Å². The quantitative estimate of drug-likeness (QED) is 0.402. The Morgan fingerprint density at radius 1 is 1.00 bits per heavy atom. The van der Waals surface area contributed by atoms with Gasteiger partial charge < -0.3 is 0 Å². The Hall–Kier alpha value is -3.86. The molecule has 0 bridgehead atoms. The Bertz CT molecular complexity index is 1710. The number of benzene rings is 2. The monoisotopic (exact) mass is 492 g/mol. The molecule has 0 unspecified atom stereocenters. The summed E-state index contributed by atoms with van der Waals surface area (Å²) < 4.78 is 26.5. The number of sulfonamides is 1. The van der Waals surface area contributed by atoms with E-state index in [1.807, 2.05) is 6.07 Å². The van der Waals surface area contributed by atoms with E-state index >= 15 is 0 Å². The molecule has 3 heterocycles. The Kier molecular flexibility index (Phi) is 5.48. The molecule has 0 amide bonds. The highest BCUT2D eigenvalue weighted by molar-refractivity contribution is 7.89. The lowest BCUT2D eigenvalue weighted by Gasteiger charge is -2.12. The van der Waals surface area contributed by atoms with Crippen molar-refractivity contribution in [3.8, 4) is 17.1 Å². The molecule has 0 fully saturated rings. The SMILES string of the molecule is NS(=O)(=O)c1cccc(Cn2ccc(=O)c(-c3ccnn3-c3ccnc4cc(Cl)ccc34)n2)c1. The molecule has 0 spiro atoms. The molecule has 5 rings (SSSR count). The summed E-state index contributed by atoms with van der Waals surface area (Å²) in [6.45, 7) is 0.238. The molecule has 0 aliphatic heterocycles. The first kappa shape index (κ1) is 22.0. The Morgan fingerprint density at radius 2 is 1.85 bits per heavy atom. The van der Waals surface area contributed by atoms with Crippen LogP contribution in [0.25, 0.3) is 28.0 Å². The van der Waals surface area contributed by atoms with Crippen molar-refractivity contribution in [2.45, 2.75) is 11.4 Å². The third-order valence-corrected chi connectivity index (χ3v) is 6.37. The maximum Gasteiger partial charge on any atom is 0.238 e. The van der Waals surface area contributed by atoms with Crippen molar-refractivity contribution in [2.75, 3.05) is 0 Å². The highest BCUT2D eigenvalue weighted by Gasteiger charge is 2.16. The summed E-state index contributed by atoms with van der Waals surface area (Å²) in [5.41, 5.74) is 2.50. The maximum absolute atomic E-state index is 12.8. The van der Waals surface area contributed by atoms with Crippen LogP contribution in [0.5, 0.6) is 0 Å². The Labute approximate surface area is 199 Å². The van der Waals surface area contributed by atoms with Gasteiger partial charge >= 0.3 is 0 Å². The minimum atomic E-state index is -3.83. The van der Waals surface area contributed by atoms with Gasteiger partial charge in [-0.05, 0) is 48.0 Å². The van der Waals surface area contributed by atoms with Gasteiger partial charge in [-0.15, -0.1) is 0 Å². The van der Waals surface area contributed by atoms with Crippen molar-refractivity contribution < 1.29 is 8.42 Å². The van der Waals surface area contributed by atoms with E-state index in [-0.39, 0.29) is 22.6 Å². The highest BCUT2D eigenvalue weighted by Crippen LogP contribution is 2.26. The third-order valence-electron chi connectivity index (χ3n) is 5.23. The van der Waals surface area contributed by atoms with Gasteiger partial charge in [0.25, 0.3) is 0 Å². The van der Waals surface area contributed by atoms with Gasteiger partial charge in [0.2, 0.25) is 15.5 Å². The molecule has 0 saturated heterocycles. The second-order valence-corrected chi connectivity index (χ2v) is 9.54. The number of pyridine rings is 1. The summed E-state index contributed by atoms with van der Waals surface area (Å²) in [4.78, 5) is 17.1. The molecule has 0 aliphatic rings. The van der Waals surface area contributed by atoms with E-state index in [2.05, 4.69) is 15.2 Å². The van der Waals surface area contributed by atoms with Crippen LogP contribution in [0.15, 0.2) is 88.9 Å². The van der Waals surface area contributed by atoms with E-state index in [0.29, 0.717) is 21.8 Å². The fourth-order valence-electron chi connectivity index (χ4n) is 3.68. The van der Waals surface area contributed by atoms with E-state index in [9.17, 15) is 13.2 Å². The second kappa shape index (κ2) is 8.49. The van der Waals surface area contributed by atoms with Crippen LogP contribution < -0.4 is 10.6 Å². The van der Waals surface area contributed by atoms with E-state index in [0.717, 1.165) is 11.1 Å². The molecule has 0 atom stereocenters. The van der Waals surface area contributed by atoms with E-state index in [1.165, 1.54) is 18.2 Å². The van der Waals surface area contributed by atoms with E-state index in [1.54, 1.807) is 64.4 Å². The van der Waals surface area contributed by atoms with Gasteiger partial charge in [-0.3, -0.25) is 14.5 Å². The molecule has 3 aromatic heterocycles. The van der Waals surface area contributed by atoms with Gasteiger partial charge in [-0.25, -0.2) is 18.2 Å². The number of nitrogens with zero attached hydrogens (tertiary/aromatic N) is 5. The van der Waals surface area contributed by atoms with Crippen LogP contribution in [-0.2, 0) is 16.6 Å². The Balaban J connectivity index is 1.57. The van der Waals surface area contributed by atoms with Gasteiger partial charge in [0.05, 0.1) is 34.5 Å². The zero-order valence-electron chi connectivity index (χ0n) is 17.5. The first-order valence-electron chi connectivity index (χ1n) is 10.1. The highest BCUT2D eigenvalue weighted by atomic mass is 35.5. The fourth-order valence-corrected chi connectivity index (χ4v) is 4.43. The molecule has 0 radical (unpaired) electrons. The molecule has 11 heteroatoms. The topological polar surface area (TPSA) is 126 Å². The van der Waals surface area contributed by atoms with Crippen molar-refractivity contribution in [1.29, 1.82) is 0 Å². The van der Waals surface area contributed by atoms with Crippen LogP contribution in [0.3, 0.4) is 0 Å². The Morgan fingerprint density at radius 3 is 2.68 bits per heavy atom. The van der Waals surface area contributed by atoms with Crippen molar-refractivity contribution in [3.63, 3.8) is 0 Å². The predicted octanol–water partition coefficient (Wildman–Crippen LogP) is 2.99. The van der Waals surface area contributed by atoms with E-state index in [4.69, 9.17) is 16.7 Å². The average molecular weight is 493 g/mol. The standard InChI is InChI=1S/C23H17ClN6O3S/c24-16-4-5-18-19(13-16)26-9-6-20(18)30-21(7-10-27-30)23-22(31)8-11-29(28-23)14-15-2-1-3-17(12-15)34(25,32)33/h1-13H,14H2,(H2,25,32,33). The molecular formula is C23H17ClN6O3S. The number of nitrogens with two attached hydrogens (primary N) is 1. The van der Waals surface area contributed by atoms with Gasteiger partial charge in [-0.2, -0.15) is 10.2 Å². The molecule has 2 aromatic carbocycles. The number of aromatic nitrogens is 5. The lowest BCUT2D eigenvalue weighted by atomic mass is 10.2. The number of hydrogen-bond donors (Lipinski definition) is 1. The minimum absolute atomic E-state index is 0.00835. The molecule has 0 saturated carbocycles. The van der Waals surface area contributed by atoms with Gasteiger partial charge in [-0.1, -0.05) is 23.7 Å². The van der Waals surface area contributed by atoms with Crippen LogP contribution in [0.2, 0.25) is 5.02 Å². The average Bonchev–Trinajstić information content (AvgIpc) is 3.29. The van der Waals surface area contributed by atoms with Crippen LogP contribution in [-0.4, -0.2) is 33.0 Å². The summed E-state index contributed by atoms with van der Waals surface area (Å²) in [5.74, 6) is 0. The zero-order valence-corrected chi connectivity index (χ0v) is 19.1. The lowest BCUT2D eigenvalue weighted by Crippen LogP contribution is -2.17. The van der Waals surface area contributed by atoms with Crippen LogP contribution in [0.4, 0.5) is 0 Å². The van der Waals surface area contributed by atoms with Gasteiger partial charge in [0.1, 0.15) is 0 Å². The van der Waals surface area contributed by atoms with Crippen LogP contribution in [0.1, 0.15) is 5.56 Å². The number of primary sulfonamides is 1. The van der Waals surface area contributed by atoms with Crippen LogP contribution in [0, 0.1) is 0 Å². The summed E-state index contributed by atoms with van der Waals surface area (Å²) >= 11 is 6.11. The molecule has 2 N–H and O–H groups in total. The molecular weight excluding hydrogens is 476 g/mol. The third kappa shape index (κ3) is 4.21. The fraction of sp³-hybridized carbons (Fsp3) is 0.0435. The van der Waals surface area contributed by atoms with Crippen molar-refractivity contribution in [3.05, 3.63) is 100 Å². The van der Waals surface area contributed by atoms with Gasteiger partial charge in [0, 0.05) is 28.9 Å². The second-order valence-electron chi connectivity index (χ2n) is 7.54. The smallest absolute Gasteiger partial charge is 0.238 e. The summed E-state index contributed by atoms with van der Waals surface area (Å²) in [7, 11) is -3.83. The van der Waals surface area contributed by atoms with Crippen LogP contribution >= 0.6 is 11.6 Å². The number of rotatable bonds is 5. The number of fused-ring (bicyclic) bond motifs is 1. The molecule has 5 aromatic rings. The minimum Gasteiger partial charge on any atom is -0.287 e. The predicted molar refractivity (Wildman–Crippen MR) is 128 cm³/mol. The molecule has 34 heavy (non-hydrogen) atoms. The number of hydrogen-bond acceptors (Lipinski definition) is 6. The molecule has 9 nitrogen and oxygen atoms in total. The maximum atomic E-state index is 12.8.